The number of alkyl halides is 1. The van der Waals surface area contributed by atoms with Crippen LogP contribution >= 0.6 is 35.1 Å². The lowest BCUT2D eigenvalue weighted by Crippen LogP contribution is -2.63. The van der Waals surface area contributed by atoms with Gasteiger partial charge in [-0.2, -0.15) is 23.5 Å². The van der Waals surface area contributed by atoms with Crippen LogP contribution in [0.5, 0.6) is 0 Å². The van der Waals surface area contributed by atoms with Gasteiger partial charge < -0.3 is 5.32 Å². The van der Waals surface area contributed by atoms with E-state index >= 15 is 0 Å². The zero-order chi connectivity index (χ0) is 22.9. The first-order valence-electron chi connectivity index (χ1n) is 15.2. The topological polar surface area (TPSA) is 15.3 Å². The van der Waals surface area contributed by atoms with Crippen LogP contribution in [-0.2, 0) is 0 Å². The van der Waals surface area contributed by atoms with Crippen molar-refractivity contribution in [2.45, 2.75) is 155 Å². The van der Waals surface area contributed by atoms with E-state index in [0.717, 1.165) is 40.5 Å². The summed E-state index contributed by atoms with van der Waals surface area (Å²) in [6.07, 6.45) is 24.4. The van der Waals surface area contributed by atoms with Crippen molar-refractivity contribution in [3.05, 3.63) is 0 Å². The summed E-state index contributed by atoms with van der Waals surface area (Å²) in [4.78, 5) is 3.14. The number of fused-ring (bicyclic) bond motifs is 2. The van der Waals surface area contributed by atoms with E-state index in [4.69, 9.17) is 11.6 Å². The van der Waals surface area contributed by atoms with E-state index in [0.29, 0.717) is 17.5 Å². The minimum atomic E-state index is 0.292. The normalized spacial score (nSPS) is 46.2. The molecule has 4 saturated carbocycles. The van der Waals surface area contributed by atoms with Gasteiger partial charge in [0.05, 0.1) is 5.38 Å². The van der Waals surface area contributed by atoms with Crippen LogP contribution in [0.15, 0.2) is 0 Å². The van der Waals surface area contributed by atoms with E-state index in [9.17, 15) is 0 Å². The molecule has 4 aliphatic carbocycles. The van der Waals surface area contributed by atoms with Gasteiger partial charge in [0, 0.05) is 46.5 Å². The Bertz CT molecular complexity index is 656. The van der Waals surface area contributed by atoms with Gasteiger partial charge in [0.15, 0.2) is 0 Å². The van der Waals surface area contributed by atoms with Gasteiger partial charge >= 0.3 is 0 Å². The molecule has 0 amide bonds. The molecule has 6 fully saturated rings. The largest absolute Gasteiger partial charge is 0.309 e. The summed E-state index contributed by atoms with van der Waals surface area (Å²) in [5, 5.41) is 6.39. The third-order valence-corrected chi connectivity index (χ3v) is 14.4. The molecule has 0 aromatic heterocycles. The number of nitrogens with one attached hydrogen (secondary N) is 1. The van der Waals surface area contributed by atoms with Crippen LogP contribution in [0.2, 0.25) is 0 Å². The first-order chi connectivity index (χ1) is 16.8. The zero-order valence-electron chi connectivity index (χ0n) is 21.4. The molecule has 34 heavy (non-hydrogen) atoms. The van der Waals surface area contributed by atoms with Crippen LogP contribution in [0.3, 0.4) is 0 Å². The van der Waals surface area contributed by atoms with Crippen molar-refractivity contribution in [2.24, 2.45) is 11.8 Å². The van der Waals surface area contributed by atoms with E-state index in [1.54, 1.807) is 0 Å². The van der Waals surface area contributed by atoms with Gasteiger partial charge in [0.1, 0.15) is 0 Å². The van der Waals surface area contributed by atoms with Crippen LogP contribution in [0.25, 0.3) is 0 Å². The summed E-state index contributed by atoms with van der Waals surface area (Å²) in [6, 6.07) is 3.46. The van der Waals surface area contributed by atoms with E-state index in [2.05, 4.69) is 33.7 Å². The molecule has 0 radical (unpaired) electrons. The molecule has 9 atom stereocenters. The molecule has 0 aromatic rings. The van der Waals surface area contributed by atoms with Crippen molar-refractivity contribution >= 4 is 35.1 Å². The highest BCUT2D eigenvalue weighted by molar-refractivity contribution is 8.00. The molecule has 2 nitrogen and oxygen atoms in total. The third kappa shape index (κ3) is 5.25. The molecule has 2 heterocycles. The molecule has 0 aromatic carbocycles. The predicted molar refractivity (Wildman–Crippen MR) is 152 cm³/mol. The number of nitrogens with zero attached hydrogens (tertiary/aromatic N) is 1. The molecular weight excluding hydrogens is 476 g/mol. The van der Waals surface area contributed by atoms with Crippen LogP contribution in [-0.4, -0.2) is 62.5 Å². The Morgan fingerprint density at radius 1 is 0.588 bits per heavy atom. The second kappa shape index (κ2) is 11.7. The van der Waals surface area contributed by atoms with Crippen LogP contribution in [0, 0.1) is 11.8 Å². The van der Waals surface area contributed by atoms with Crippen molar-refractivity contribution in [3.63, 3.8) is 0 Å². The third-order valence-electron chi connectivity index (χ3n) is 10.7. The summed E-state index contributed by atoms with van der Waals surface area (Å²) in [5.41, 5.74) is 0. The maximum absolute atomic E-state index is 7.59. The van der Waals surface area contributed by atoms with Crippen molar-refractivity contribution in [2.75, 3.05) is 11.5 Å². The Hall–Kier alpha value is 0.910. The highest BCUT2D eigenvalue weighted by atomic mass is 35.5. The lowest BCUT2D eigenvalue weighted by atomic mass is 9.77. The van der Waals surface area contributed by atoms with Gasteiger partial charge in [0.2, 0.25) is 0 Å². The molecule has 1 N–H and O–H groups in total. The summed E-state index contributed by atoms with van der Waals surface area (Å²) >= 11 is 12.2. The number of thioether (sulfide) groups is 2. The molecule has 0 spiro atoms. The van der Waals surface area contributed by atoms with E-state index in [1.807, 2.05) is 0 Å². The highest BCUT2D eigenvalue weighted by Crippen LogP contribution is 2.47. The number of hydrogen-bond acceptors (Lipinski definition) is 4. The minimum absolute atomic E-state index is 0.292. The molecule has 2 saturated heterocycles. The van der Waals surface area contributed by atoms with Crippen molar-refractivity contribution in [1.29, 1.82) is 0 Å². The Morgan fingerprint density at radius 2 is 1.29 bits per heavy atom. The maximum Gasteiger partial charge on any atom is 0.0644 e. The summed E-state index contributed by atoms with van der Waals surface area (Å²) in [7, 11) is 0. The SMILES string of the molecule is ClC1C(NC2CSC3CCCCC23)CCCC1N(C1CCCCC1)C1CCSC2CCCCC21. The smallest absolute Gasteiger partial charge is 0.0644 e. The van der Waals surface area contributed by atoms with Gasteiger partial charge in [-0.15, -0.1) is 11.6 Å². The summed E-state index contributed by atoms with van der Waals surface area (Å²) in [6.45, 7) is 0. The summed E-state index contributed by atoms with van der Waals surface area (Å²) in [5.74, 6) is 4.56. The Balaban J connectivity index is 1.20. The average molecular weight is 525 g/mol. The second-order valence-corrected chi connectivity index (χ2v) is 15.7. The Morgan fingerprint density at radius 3 is 2.12 bits per heavy atom. The Kier molecular flexibility index (Phi) is 8.71. The van der Waals surface area contributed by atoms with Crippen molar-refractivity contribution in [1.82, 2.24) is 10.2 Å². The molecule has 9 unspecified atom stereocenters. The van der Waals surface area contributed by atoms with Crippen LogP contribution < -0.4 is 5.32 Å². The number of hydrogen-bond donors (Lipinski definition) is 1. The molecule has 2 aliphatic heterocycles. The fourth-order valence-corrected chi connectivity index (χ4v) is 12.8. The first-order valence-corrected chi connectivity index (χ1v) is 17.7. The fourth-order valence-electron chi connectivity index (χ4n) is 9.08. The maximum atomic E-state index is 7.59. The first kappa shape index (κ1) is 25.2. The average Bonchev–Trinajstić information content (AvgIpc) is 3.30. The Labute approximate surface area is 223 Å². The molecule has 0 bridgehead atoms. The zero-order valence-corrected chi connectivity index (χ0v) is 23.7. The number of halogens is 1. The molecule has 5 heteroatoms. The monoisotopic (exact) mass is 524 g/mol. The fraction of sp³-hybridized carbons (Fsp3) is 1.00. The molecule has 6 aliphatic rings. The van der Waals surface area contributed by atoms with Crippen molar-refractivity contribution in [3.8, 4) is 0 Å². The summed E-state index contributed by atoms with van der Waals surface area (Å²) < 4.78 is 0. The van der Waals surface area contributed by atoms with Gasteiger partial charge in [0.25, 0.3) is 0 Å². The molecule has 6 rings (SSSR count). The van der Waals surface area contributed by atoms with E-state index in [1.165, 1.54) is 121 Å². The van der Waals surface area contributed by atoms with E-state index in [-0.39, 0.29) is 0 Å². The predicted octanol–water partition coefficient (Wildman–Crippen LogP) is 7.48. The highest BCUT2D eigenvalue weighted by Gasteiger charge is 2.47. The minimum Gasteiger partial charge on any atom is -0.309 e. The quantitative estimate of drug-likeness (QED) is 0.375. The molecule has 194 valence electrons. The van der Waals surface area contributed by atoms with Gasteiger partial charge in [-0.1, -0.05) is 51.4 Å². The standard InChI is InChI=1S/C29H49ClN2S2/c30-29-23(31-24-19-34-27-15-6-4-11-21(24)27)13-8-14-26(29)32(20-9-2-1-3-10-20)25-17-18-33-28-16-7-5-12-22(25)28/h20-29,31H,1-19H2. The van der Waals surface area contributed by atoms with Crippen LogP contribution in [0.1, 0.15) is 109 Å². The lowest BCUT2D eigenvalue weighted by Gasteiger charge is -2.54. The van der Waals surface area contributed by atoms with Gasteiger partial charge in [-0.25, -0.2) is 0 Å². The van der Waals surface area contributed by atoms with Gasteiger partial charge in [-0.3, -0.25) is 4.90 Å². The second-order valence-electron chi connectivity index (χ2n) is 12.6. The lowest BCUT2D eigenvalue weighted by molar-refractivity contribution is -0.00161. The van der Waals surface area contributed by atoms with Gasteiger partial charge in [-0.05, 0) is 75.4 Å². The number of rotatable bonds is 5. The van der Waals surface area contributed by atoms with Crippen LogP contribution in [0.4, 0.5) is 0 Å². The van der Waals surface area contributed by atoms with E-state index < -0.39 is 0 Å². The molecular formula is C29H49ClN2S2. The van der Waals surface area contributed by atoms with Crippen molar-refractivity contribution < 1.29 is 0 Å².